The Morgan fingerprint density at radius 2 is 1.61 bits per heavy atom. The number of hydrogen-bond acceptors (Lipinski definition) is 4. The van der Waals surface area contributed by atoms with Crippen molar-refractivity contribution in [2.24, 2.45) is 0 Å². The number of rotatable bonds is 3. The molecule has 18 heavy (non-hydrogen) atoms. The molecule has 1 saturated heterocycles. The lowest BCUT2D eigenvalue weighted by atomic mass is 10.1. The van der Waals surface area contributed by atoms with E-state index in [1.807, 2.05) is 0 Å². The molecule has 6 heteroatoms. The number of ketones is 1. The fourth-order valence-electron chi connectivity index (χ4n) is 1.89. The average molecular weight is 249 g/mol. The third-order valence-corrected chi connectivity index (χ3v) is 2.80. The first-order valence-electron chi connectivity index (χ1n) is 5.35. The summed E-state index contributed by atoms with van der Waals surface area (Å²) in [5.74, 6) is -2.32. The first kappa shape index (κ1) is 12.1. The van der Waals surface area contributed by atoms with Crippen molar-refractivity contribution in [2.45, 2.75) is 6.42 Å². The maximum absolute atomic E-state index is 11.2. The van der Waals surface area contributed by atoms with E-state index in [1.54, 1.807) is 4.90 Å². The number of carbonyl (C=O) groups is 3. The van der Waals surface area contributed by atoms with Crippen LogP contribution in [0, 0.1) is 0 Å². The zero-order valence-electron chi connectivity index (χ0n) is 9.42. The summed E-state index contributed by atoms with van der Waals surface area (Å²) >= 11 is 0. The minimum atomic E-state index is -1.19. The highest BCUT2D eigenvalue weighted by Gasteiger charge is 2.22. The first-order valence-corrected chi connectivity index (χ1v) is 5.35. The van der Waals surface area contributed by atoms with E-state index in [0.29, 0.717) is 18.7 Å². The van der Waals surface area contributed by atoms with Crippen LogP contribution in [0.2, 0.25) is 0 Å². The molecule has 1 aromatic rings. The molecular formula is C12H11NO5. The predicted octanol–water partition coefficient (Wildman–Crippen LogP) is 0.862. The molecule has 0 aromatic heterocycles. The van der Waals surface area contributed by atoms with Gasteiger partial charge in [-0.15, -0.1) is 0 Å². The first-order chi connectivity index (χ1) is 8.47. The molecule has 6 nitrogen and oxygen atoms in total. The van der Waals surface area contributed by atoms with Crippen molar-refractivity contribution in [3.05, 3.63) is 29.3 Å². The van der Waals surface area contributed by atoms with Crippen LogP contribution < -0.4 is 4.90 Å². The molecule has 0 saturated carbocycles. The Balaban J connectivity index is 2.43. The maximum Gasteiger partial charge on any atom is 0.335 e. The molecule has 1 aromatic carbocycles. The molecule has 0 aliphatic carbocycles. The quantitative estimate of drug-likeness (QED) is 0.825. The van der Waals surface area contributed by atoms with Crippen LogP contribution in [0.3, 0.4) is 0 Å². The zero-order valence-corrected chi connectivity index (χ0v) is 9.42. The summed E-state index contributed by atoms with van der Waals surface area (Å²) in [4.78, 5) is 34.7. The molecule has 0 bridgehead atoms. The van der Waals surface area contributed by atoms with Crippen molar-refractivity contribution in [3.63, 3.8) is 0 Å². The van der Waals surface area contributed by atoms with Gasteiger partial charge in [-0.2, -0.15) is 0 Å². The minimum Gasteiger partial charge on any atom is -0.478 e. The van der Waals surface area contributed by atoms with E-state index < -0.39 is 11.9 Å². The molecule has 2 N–H and O–H groups in total. The third kappa shape index (κ3) is 2.32. The Labute approximate surface area is 102 Å². The summed E-state index contributed by atoms with van der Waals surface area (Å²) in [5.41, 5.74) is 0.270. The molecule has 1 aliphatic rings. The Hall–Kier alpha value is -2.37. The van der Waals surface area contributed by atoms with E-state index in [9.17, 15) is 14.4 Å². The molecule has 1 heterocycles. The second-order valence-electron chi connectivity index (χ2n) is 4.09. The van der Waals surface area contributed by atoms with Crippen molar-refractivity contribution >= 4 is 23.4 Å². The van der Waals surface area contributed by atoms with Crippen molar-refractivity contribution < 1.29 is 24.6 Å². The van der Waals surface area contributed by atoms with Gasteiger partial charge in [0.15, 0.2) is 5.78 Å². The van der Waals surface area contributed by atoms with Crippen molar-refractivity contribution in [2.75, 3.05) is 18.0 Å². The summed E-state index contributed by atoms with van der Waals surface area (Å²) in [6.07, 6.45) is 0.402. The van der Waals surface area contributed by atoms with E-state index >= 15 is 0 Å². The molecular weight excluding hydrogens is 238 g/mol. The fraction of sp³-hybridized carbons (Fsp3) is 0.250. The molecule has 94 valence electrons. The van der Waals surface area contributed by atoms with Gasteiger partial charge in [-0.1, -0.05) is 0 Å². The van der Waals surface area contributed by atoms with Crippen LogP contribution >= 0.6 is 0 Å². The largest absolute Gasteiger partial charge is 0.478 e. The van der Waals surface area contributed by atoms with Crippen LogP contribution in [0.25, 0.3) is 0 Å². The van der Waals surface area contributed by atoms with E-state index in [2.05, 4.69) is 0 Å². The highest BCUT2D eigenvalue weighted by atomic mass is 16.4. The summed E-state index contributed by atoms with van der Waals surface area (Å²) in [6, 6.07) is 3.87. The van der Waals surface area contributed by atoms with E-state index in [0.717, 1.165) is 6.07 Å². The van der Waals surface area contributed by atoms with Gasteiger partial charge in [0, 0.05) is 18.7 Å². The van der Waals surface area contributed by atoms with Crippen molar-refractivity contribution in [1.29, 1.82) is 0 Å². The standard InChI is InChI=1S/C12H11NO5/c14-10-1-2-13(6-10)9-4-7(11(15)16)3-8(5-9)12(17)18/h3-5H,1-2,6H2,(H,15,16)(H,17,18). The molecule has 0 amide bonds. The SMILES string of the molecule is O=C1CCN(c2cc(C(=O)O)cc(C(=O)O)c2)C1. The number of aromatic carboxylic acids is 2. The highest BCUT2D eigenvalue weighted by molar-refractivity contribution is 5.96. The minimum absolute atomic E-state index is 0.0626. The molecule has 0 atom stereocenters. The summed E-state index contributed by atoms with van der Waals surface area (Å²) in [5, 5.41) is 17.9. The van der Waals surface area contributed by atoms with Crippen LogP contribution in [0.5, 0.6) is 0 Å². The molecule has 0 unspecified atom stereocenters. The van der Waals surface area contributed by atoms with E-state index in [1.165, 1.54) is 12.1 Å². The van der Waals surface area contributed by atoms with E-state index in [-0.39, 0.29) is 23.5 Å². The molecule has 0 spiro atoms. The highest BCUT2D eigenvalue weighted by Crippen LogP contribution is 2.22. The summed E-state index contributed by atoms with van der Waals surface area (Å²) in [7, 11) is 0. The Morgan fingerprint density at radius 3 is 2.00 bits per heavy atom. The van der Waals surface area contributed by atoms with E-state index in [4.69, 9.17) is 10.2 Å². The fourth-order valence-corrected chi connectivity index (χ4v) is 1.89. The van der Waals surface area contributed by atoms with Gasteiger partial charge in [0.05, 0.1) is 17.7 Å². The number of anilines is 1. The Kier molecular flexibility index (Phi) is 3.01. The predicted molar refractivity (Wildman–Crippen MR) is 62.2 cm³/mol. The smallest absolute Gasteiger partial charge is 0.335 e. The lowest BCUT2D eigenvalue weighted by Crippen LogP contribution is -2.20. The van der Waals surface area contributed by atoms with Crippen LogP contribution in [0.4, 0.5) is 5.69 Å². The van der Waals surface area contributed by atoms with Gasteiger partial charge in [0.2, 0.25) is 0 Å². The van der Waals surface area contributed by atoms with Gasteiger partial charge in [-0.3, -0.25) is 4.79 Å². The number of carbonyl (C=O) groups excluding carboxylic acids is 1. The summed E-state index contributed by atoms with van der Waals surface area (Å²) < 4.78 is 0. The monoisotopic (exact) mass is 249 g/mol. The summed E-state index contributed by atoms with van der Waals surface area (Å²) in [6.45, 7) is 0.684. The Bertz CT molecular complexity index is 505. The second-order valence-corrected chi connectivity index (χ2v) is 4.09. The lowest BCUT2D eigenvalue weighted by molar-refractivity contribution is -0.116. The second kappa shape index (κ2) is 4.48. The van der Waals surface area contributed by atoms with Gasteiger partial charge in [0.1, 0.15) is 0 Å². The zero-order chi connectivity index (χ0) is 13.3. The van der Waals surface area contributed by atoms with Crippen LogP contribution in [0.15, 0.2) is 18.2 Å². The van der Waals surface area contributed by atoms with Crippen LogP contribution in [-0.4, -0.2) is 41.0 Å². The van der Waals surface area contributed by atoms with Gasteiger partial charge in [-0.05, 0) is 18.2 Å². The number of Topliss-reactive ketones (excluding diaryl/α,β-unsaturated/α-hetero) is 1. The van der Waals surface area contributed by atoms with Crippen LogP contribution in [0.1, 0.15) is 27.1 Å². The van der Waals surface area contributed by atoms with Gasteiger partial charge < -0.3 is 15.1 Å². The number of benzene rings is 1. The Morgan fingerprint density at radius 1 is 1.06 bits per heavy atom. The number of carboxylic acid groups (broad SMARTS) is 2. The number of hydrogen-bond donors (Lipinski definition) is 2. The third-order valence-electron chi connectivity index (χ3n) is 2.80. The topological polar surface area (TPSA) is 94.9 Å². The van der Waals surface area contributed by atoms with Gasteiger partial charge >= 0.3 is 11.9 Å². The maximum atomic E-state index is 11.2. The molecule has 0 radical (unpaired) electrons. The van der Waals surface area contributed by atoms with Gasteiger partial charge in [-0.25, -0.2) is 9.59 Å². The average Bonchev–Trinajstić information content (AvgIpc) is 2.75. The van der Waals surface area contributed by atoms with Crippen molar-refractivity contribution in [1.82, 2.24) is 0 Å². The molecule has 1 fully saturated rings. The number of nitrogens with zero attached hydrogens (tertiary/aromatic N) is 1. The van der Waals surface area contributed by atoms with Crippen molar-refractivity contribution in [3.8, 4) is 0 Å². The molecule has 1 aliphatic heterocycles. The molecule has 2 rings (SSSR count). The van der Waals surface area contributed by atoms with Gasteiger partial charge in [0.25, 0.3) is 0 Å². The normalized spacial score (nSPS) is 14.9. The number of carboxylic acids is 2. The lowest BCUT2D eigenvalue weighted by Gasteiger charge is -2.17. The van der Waals surface area contributed by atoms with Crippen LogP contribution in [-0.2, 0) is 4.79 Å².